The first kappa shape index (κ1) is 24.2. The summed E-state index contributed by atoms with van der Waals surface area (Å²) in [7, 11) is 3.22. The van der Waals surface area contributed by atoms with Crippen LogP contribution in [0.3, 0.4) is 0 Å². The second-order valence-corrected chi connectivity index (χ2v) is 9.85. The maximum atomic E-state index is 13.8. The van der Waals surface area contributed by atoms with Crippen LogP contribution in [0.2, 0.25) is 0 Å². The molecule has 2 unspecified atom stereocenters. The van der Waals surface area contributed by atoms with Crippen molar-refractivity contribution in [3.8, 4) is 11.5 Å². The number of allylic oxidation sites excluding steroid dienone is 3. The topological polar surface area (TPSA) is 73.9 Å². The molecule has 1 saturated carbocycles. The SMILES string of the molecule is COc1ccc(C2CC(=O)C3=C(C2)NC(C)=C(C(=O)OC2CCCC2)C3c2ccccc2)cc1OC. The van der Waals surface area contributed by atoms with E-state index in [4.69, 9.17) is 14.2 Å². The van der Waals surface area contributed by atoms with E-state index >= 15 is 0 Å². The second kappa shape index (κ2) is 10.2. The highest BCUT2D eigenvalue weighted by Gasteiger charge is 2.42. The maximum absolute atomic E-state index is 13.8. The van der Waals surface area contributed by atoms with Gasteiger partial charge in [-0.25, -0.2) is 4.79 Å². The highest BCUT2D eigenvalue weighted by molar-refractivity contribution is 6.04. The fraction of sp³-hybridized carbons (Fsp3) is 0.400. The molecular weight excluding hydrogens is 454 g/mol. The molecule has 1 N–H and O–H groups in total. The fourth-order valence-electron chi connectivity index (χ4n) is 5.85. The van der Waals surface area contributed by atoms with Crippen molar-refractivity contribution in [1.29, 1.82) is 0 Å². The average Bonchev–Trinajstić information content (AvgIpc) is 3.40. The number of rotatable bonds is 6. The zero-order valence-corrected chi connectivity index (χ0v) is 21.1. The Morgan fingerprint density at radius 1 is 0.917 bits per heavy atom. The van der Waals surface area contributed by atoms with Crippen LogP contribution in [0.15, 0.2) is 71.1 Å². The molecule has 6 nitrogen and oxygen atoms in total. The highest BCUT2D eigenvalue weighted by atomic mass is 16.5. The van der Waals surface area contributed by atoms with Gasteiger partial charge >= 0.3 is 5.97 Å². The van der Waals surface area contributed by atoms with Crippen LogP contribution in [0.5, 0.6) is 11.5 Å². The standard InChI is InChI=1S/C30H33NO5/c1-18-27(30(33)36-22-11-7-8-12-22)28(19-9-5-4-6-10-19)29-23(31-18)15-21(16-24(29)32)20-13-14-25(34-2)26(17-20)35-3/h4-6,9-10,13-14,17,21-22,28,31H,7-8,11-12,15-16H2,1-3H3. The van der Waals surface area contributed by atoms with Crippen molar-refractivity contribution in [2.75, 3.05) is 14.2 Å². The lowest BCUT2D eigenvalue weighted by Gasteiger charge is -2.37. The van der Waals surface area contributed by atoms with E-state index in [-0.39, 0.29) is 23.8 Å². The molecule has 2 aliphatic carbocycles. The van der Waals surface area contributed by atoms with Gasteiger partial charge in [-0.2, -0.15) is 0 Å². The van der Waals surface area contributed by atoms with Crippen molar-refractivity contribution >= 4 is 11.8 Å². The van der Waals surface area contributed by atoms with Crippen molar-refractivity contribution in [2.24, 2.45) is 0 Å². The summed E-state index contributed by atoms with van der Waals surface area (Å²) in [4.78, 5) is 27.2. The molecule has 1 heterocycles. The first-order valence-corrected chi connectivity index (χ1v) is 12.7. The Kier molecular flexibility index (Phi) is 6.86. The quantitative estimate of drug-likeness (QED) is 0.539. The molecule has 1 fully saturated rings. The van der Waals surface area contributed by atoms with Gasteiger partial charge in [0, 0.05) is 29.3 Å². The van der Waals surface area contributed by atoms with Crippen LogP contribution in [-0.2, 0) is 14.3 Å². The van der Waals surface area contributed by atoms with Gasteiger partial charge in [0.15, 0.2) is 17.3 Å². The molecule has 0 saturated heterocycles. The molecule has 0 amide bonds. The number of ether oxygens (including phenoxy) is 3. The van der Waals surface area contributed by atoms with Crippen LogP contribution in [-0.4, -0.2) is 32.1 Å². The number of carbonyl (C=O) groups is 2. The van der Waals surface area contributed by atoms with E-state index in [1.54, 1.807) is 14.2 Å². The Morgan fingerprint density at radius 2 is 1.64 bits per heavy atom. The number of benzene rings is 2. The average molecular weight is 488 g/mol. The van der Waals surface area contributed by atoms with Gasteiger partial charge in [0.25, 0.3) is 0 Å². The molecule has 6 heteroatoms. The summed E-state index contributed by atoms with van der Waals surface area (Å²) in [5.41, 5.74) is 4.83. The lowest BCUT2D eigenvalue weighted by molar-refractivity contribution is -0.144. The normalized spacial score (nSPS) is 22.2. The van der Waals surface area contributed by atoms with Gasteiger partial charge in [-0.05, 0) is 68.2 Å². The summed E-state index contributed by atoms with van der Waals surface area (Å²) >= 11 is 0. The third kappa shape index (κ3) is 4.52. The summed E-state index contributed by atoms with van der Waals surface area (Å²) in [6, 6.07) is 15.7. The number of hydrogen-bond donors (Lipinski definition) is 1. The van der Waals surface area contributed by atoms with Gasteiger partial charge in [0.05, 0.1) is 19.8 Å². The lowest BCUT2D eigenvalue weighted by atomic mass is 9.71. The molecule has 1 aliphatic heterocycles. The van der Waals surface area contributed by atoms with Gasteiger partial charge < -0.3 is 19.5 Å². The van der Waals surface area contributed by atoms with E-state index < -0.39 is 5.92 Å². The van der Waals surface area contributed by atoms with E-state index in [9.17, 15) is 9.59 Å². The summed E-state index contributed by atoms with van der Waals surface area (Å²) < 4.78 is 16.8. The number of Topliss-reactive ketones (excluding diaryl/α,β-unsaturated/α-hetero) is 1. The number of hydrogen-bond acceptors (Lipinski definition) is 6. The predicted octanol–water partition coefficient (Wildman–Crippen LogP) is 5.55. The van der Waals surface area contributed by atoms with Crippen molar-refractivity contribution in [3.63, 3.8) is 0 Å². The number of nitrogens with one attached hydrogen (secondary N) is 1. The van der Waals surface area contributed by atoms with Gasteiger partial charge in [-0.1, -0.05) is 36.4 Å². The van der Waals surface area contributed by atoms with Crippen molar-refractivity contribution < 1.29 is 23.8 Å². The van der Waals surface area contributed by atoms with Crippen LogP contribution < -0.4 is 14.8 Å². The third-order valence-corrected chi connectivity index (χ3v) is 7.64. The van der Waals surface area contributed by atoms with E-state index in [0.717, 1.165) is 48.2 Å². The number of esters is 1. The second-order valence-electron chi connectivity index (χ2n) is 9.85. The van der Waals surface area contributed by atoms with E-state index in [1.165, 1.54) is 0 Å². The van der Waals surface area contributed by atoms with Crippen molar-refractivity contribution in [1.82, 2.24) is 5.32 Å². The molecule has 2 aromatic rings. The smallest absolute Gasteiger partial charge is 0.337 e. The van der Waals surface area contributed by atoms with Crippen LogP contribution in [0, 0.1) is 0 Å². The van der Waals surface area contributed by atoms with E-state index in [0.29, 0.717) is 35.5 Å². The third-order valence-electron chi connectivity index (χ3n) is 7.64. The number of methoxy groups -OCH3 is 2. The molecule has 2 aromatic carbocycles. The summed E-state index contributed by atoms with van der Waals surface area (Å²) in [5, 5.41) is 3.44. The minimum atomic E-state index is -0.435. The largest absolute Gasteiger partial charge is 0.493 e. The van der Waals surface area contributed by atoms with Crippen LogP contribution in [0.4, 0.5) is 0 Å². The van der Waals surface area contributed by atoms with Gasteiger partial charge in [-0.3, -0.25) is 4.79 Å². The van der Waals surface area contributed by atoms with Crippen LogP contribution in [0.1, 0.15) is 68.4 Å². The number of carbonyl (C=O) groups excluding carboxylic acids is 2. The lowest BCUT2D eigenvalue weighted by Crippen LogP contribution is -2.36. The molecule has 0 radical (unpaired) electrons. The first-order valence-electron chi connectivity index (χ1n) is 12.7. The Bertz CT molecular complexity index is 1220. The van der Waals surface area contributed by atoms with Gasteiger partial charge in [0.1, 0.15) is 6.10 Å². The van der Waals surface area contributed by atoms with Crippen molar-refractivity contribution in [2.45, 2.75) is 63.4 Å². The molecule has 3 aliphatic rings. The van der Waals surface area contributed by atoms with E-state index in [2.05, 4.69) is 5.32 Å². The number of dihydropyridines is 1. The molecule has 0 aromatic heterocycles. The highest BCUT2D eigenvalue weighted by Crippen LogP contribution is 2.46. The first-order chi connectivity index (χ1) is 17.5. The predicted molar refractivity (Wildman–Crippen MR) is 137 cm³/mol. The summed E-state index contributed by atoms with van der Waals surface area (Å²) in [6.45, 7) is 1.91. The zero-order chi connectivity index (χ0) is 25.2. The summed E-state index contributed by atoms with van der Waals surface area (Å²) in [6.07, 6.45) is 4.97. The van der Waals surface area contributed by atoms with Gasteiger partial charge in [0.2, 0.25) is 0 Å². The molecular formula is C30H33NO5. The van der Waals surface area contributed by atoms with Crippen molar-refractivity contribution in [3.05, 3.63) is 82.2 Å². The Labute approximate surface area is 212 Å². The van der Waals surface area contributed by atoms with Crippen LogP contribution >= 0.6 is 0 Å². The monoisotopic (exact) mass is 487 g/mol. The maximum Gasteiger partial charge on any atom is 0.337 e. The van der Waals surface area contributed by atoms with E-state index in [1.807, 2.05) is 55.5 Å². The minimum Gasteiger partial charge on any atom is -0.493 e. The molecule has 0 bridgehead atoms. The Hall–Kier alpha value is -3.54. The molecule has 5 rings (SSSR count). The Balaban J connectivity index is 1.51. The summed E-state index contributed by atoms with van der Waals surface area (Å²) in [5.74, 6) is 0.606. The Morgan fingerprint density at radius 3 is 2.33 bits per heavy atom. The fourth-order valence-corrected chi connectivity index (χ4v) is 5.85. The van der Waals surface area contributed by atoms with Gasteiger partial charge in [-0.15, -0.1) is 0 Å². The molecule has 0 spiro atoms. The molecule has 36 heavy (non-hydrogen) atoms. The van der Waals surface area contributed by atoms with Crippen LogP contribution in [0.25, 0.3) is 0 Å². The minimum absolute atomic E-state index is 0.000213. The molecule has 188 valence electrons. The number of ketones is 1. The zero-order valence-electron chi connectivity index (χ0n) is 21.1. The molecule has 2 atom stereocenters.